The number of rotatable bonds is 4. The number of imidazole rings is 1. The highest BCUT2D eigenvalue weighted by molar-refractivity contribution is 7.98. The molecule has 1 saturated heterocycles. The lowest BCUT2D eigenvalue weighted by Crippen LogP contribution is -2.27. The summed E-state index contributed by atoms with van der Waals surface area (Å²) in [6.45, 7) is 1.60. The lowest BCUT2D eigenvalue weighted by molar-refractivity contribution is 0.0792. The summed E-state index contributed by atoms with van der Waals surface area (Å²) in [5, 5.41) is 3.64. The van der Waals surface area contributed by atoms with E-state index in [1.807, 2.05) is 40.0 Å². The van der Waals surface area contributed by atoms with Crippen molar-refractivity contribution < 1.29 is 9.59 Å². The molecular weight excluding hydrogens is 360 g/mol. The predicted octanol–water partition coefficient (Wildman–Crippen LogP) is 3.54. The van der Waals surface area contributed by atoms with E-state index < -0.39 is 0 Å². The molecular formula is C20H20N4O2S. The van der Waals surface area contributed by atoms with Gasteiger partial charge < -0.3 is 10.2 Å². The maximum Gasteiger partial charge on any atom is 0.276 e. The molecule has 1 fully saturated rings. The number of hydrogen-bond donors (Lipinski definition) is 1. The molecule has 2 amide bonds. The van der Waals surface area contributed by atoms with Gasteiger partial charge in [-0.2, -0.15) is 0 Å². The number of thioether (sulfide) groups is 1. The summed E-state index contributed by atoms with van der Waals surface area (Å²) in [5.74, 6) is -0.273. The van der Waals surface area contributed by atoms with Crippen molar-refractivity contribution in [1.29, 1.82) is 0 Å². The van der Waals surface area contributed by atoms with Gasteiger partial charge in [-0.3, -0.25) is 14.0 Å². The van der Waals surface area contributed by atoms with Crippen LogP contribution < -0.4 is 5.32 Å². The maximum atomic E-state index is 12.8. The third-order valence-electron chi connectivity index (χ3n) is 4.67. The summed E-state index contributed by atoms with van der Waals surface area (Å²) in [5.41, 5.74) is 2.31. The summed E-state index contributed by atoms with van der Waals surface area (Å²) in [6, 6.07) is 12.7. The minimum absolute atomic E-state index is 0.0145. The minimum atomic E-state index is -0.287. The van der Waals surface area contributed by atoms with Gasteiger partial charge in [0.25, 0.3) is 11.8 Å². The topological polar surface area (TPSA) is 66.7 Å². The number of likely N-dealkylation sites (tertiary alicyclic amines) is 1. The summed E-state index contributed by atoms with van der Waals surface area (Å²) in [6.07, 6.45) is 5.91. The highest BCUT2D eigenvalue weighted by Gasteiger charge is 2.21. The van der Waals surface area contributed by atoms with E-state index in [1.165, 1.54) is 11.8 Å². The van der Waals surface area contributed by atoms with Crippen LogP contribution in [0.4, 0.5) is 5.69 Å². The third-order valence-corrected chi connectivity index (χ3v) is 5.33. The molecule has 3 aromatic rings. The van der Waals surface area contributed by atoms with Gasteiger partial charge in [-0.25, -0.2) is 4.98 Å². The van der Waals surface area contributed by atoms with Gasteiger partial charge in [0.2, 0.25) is 0 Å². The van der Waals surface area contributed by atoms with Crippen LogP contribution >= 0.6 is 11.8 Å². The van der Waals surface area contributed by atoms with Gasteiger partial charge >= 0.3 is 0 Å². The fraction of sp³-hybridized carbons (Fsp3) is 0.250. The first-order valence-corrected chi connectivity index (χ1v) is 10.1. The predicted molar refractivity (Wildman–Crippen MR) is 107 cm³/mol. The van der Waals surface area contributed by atoms with Gasteiger partial charge in [-0.1, -0.05) is 23.9 Å². The number of nitrogens with one attached hydrogen (secondary N) is 1. The number of fused-ring (bicyclic) bond motifs is 1. The SMILES string of the molecule is CSc1nc(C(=O)Nc2cccc(C(=O)N3CCCC3)c2)c2ccccn12. The van der Waals surface area contributed by atoms with Crippen molar-refractivity contribution in [1.82, 2.24) is 14.3 Å². The number of aromatic nitrogens is 2. The molecule has 1 aliphatic rings. The zero-order chi connectivity index (χ0) is 18.8. The van der Waals surface area contributed by atoms with Crippen LogP contribution in [0, 0.1) is 0 Å². The van der Waals surface area contributed by atoms with E-state index in [2.05, 4.69) is 10.3 Å². The molecule has 1 aliphatic heterocycles. The fourth-order valence-corrected chi connectivity index (χ4v) is 3.88. The van der Waals surface area contributed by atoms with Gasteiger partial charge in [-0.05, 0) is 49.4 Å². The normalized spacial score (nSPS) is 13.9. The van der Waals surface area contributed by atoms with E-state index in [-0.39, 0.29) is 11.8 Å². The largest absolute Gasteiger partial charge is 0.339 e. The van der Waals surface area contributed by atoms with Gasteiger partial charge in [0, 0.05) is 30.5 Å². The number of nitrogens with zero attached hydrogens (tertiary/aromatic N) is 3. The molecule has 0 spiro atoms. The Bertz CT molecular complexity index is 1010. The smallest absolute Gasteiger partial charge is 0.276 e. The molecule has 0 aliphatic carbocycles. The molecule has 4 rings (SSSR count). The Hall–Kier alpha value is -2.80. The average Bonchev–Trinajstić information content (AvgIpc) is 3.35. The highest BCUT2D eigenvalue weighted by Crippen LogP contribution is 2.22. The van der Waals surface area contributed by atoms with Crippen molar-refractivity contribution in [2.75, 3.05) is 24.7 Å². The summed E-state index contributed by atoms with van der Waals surface area (Å²) in [4.78, 5) is 31.7. The molecule has 2 aromatic heterocycles. The minimum Gasteiger partial charge on any atom is -0.339 e. The number of hydrogen-bond acceptors (Lipinski definition) is 4. The molecule has 7 heteroatoms. The summed E-state index contributed by atoms with van der Waals surface area (Å²) in [7, 11) is 0. The average molecular weight is 380 g/mol. The van der Waals surface area contributed by atoms with Crippen LogP contribution in [0.15, 0.2) is 53.8 Å². The van der Waals surface area contributed by atoms with Crippen molar-refractivity contribution in [2.45, 2.75) is 18.0 Å². The molecule has 138 valence electrons. The quantitative estimate of drug-likeness (QED) is 0.703. The summed E-state index contributed by atoms with van der Waals surface area (Å²) >= 11 is 1.48. The van der Waals surface area contributed by atoms with Crippen LogP contribution in [0.3, 0.4) is 0 Å². The first kappa shape index (κ1) is 17.6. The Labute approximate surface area is 161 Å². The Morgan fingerprint density at radius 2 is 1.93 bits per heavy atom. The van der Waals surface area contributed by atoms with Crippen LogP contribution in [-0.2, 0) is 0 Å². The Morgan fingerprint density at radius 1 is 1.11 bits per heavy atom. The maximum absolute atomic E-state index is 12.8. The first-order valence-electron chi connectivity index (χ1n) is 8.89. The molecule has 0 atom stereocenters. The van der Waals surface area contributed by atoms with E-state index in [0.717, 1.165) is 36.6 Å². The van der Waals surface area contributed by atoms with Crippen LogP contribution in [-0.4, -0.2) is 45.4 Å². The molecule has 0 bridgehead atoms. The second-order valence-corrected chi connectivity index (χ2v) is 7.21. The molecule has 27 heavy (non-hydrogen) atoms. The third kappa shape index (κ3) is 3.42. The van der Waals surface area contributed by atoms with Crippen molar-refractivity contribution in [3.63, 3.8) is 0 Å². The van der Waals surface area contributed by atoms with E-state index in [9.17, 15) is 9.59 Å². The Balaban J connectivity index is 1.58. The van der Waals surface area contributed by atoms with Crippen molar-refractivity contribution in [3.05, 3.63) is 59.9 Å². The molecule has 3 heterocycles. The lowest BCUT2D eigenvalue weighted by atomic mass is 10.1. The van der Waals surface area contributed by atoms with Crippen molar-refractivity contribution >= 4 is 34.8 Å². The van der Waals surface area contributed by atoms with Crippen molar-refractivity contribution in [2.24, 2.45) is 0 Å². The van der Waals surface area contributed by atoms with Crippen LogP contribution in [0.1, 0.15) is 33.7 Å². The number of pyridine rings is 1. The highest BCUT2D eigenvalue weighted by atomic mass is 32.2. The van der Waals surface area contributed by atoms with Gasteiger partial charge in [-0.15, -0.1) is 0 Å². The van der Waals surface area contributed by atoms with Crippen LogP contribution in [0.2, 0.25) is 0 Å². The Morgan fingerprint density at radius 3 is 2.70 bits per heavy atom. The number of carbonyl (C=O) groups is 2. The molecule has 0 unspecified atom stereocenters. The summed E-state index contributed by atoms with van der Waals surface area (Å²) < 4.78 is 1.90. The molecule has 0 saturated carbocycles. The van der Waals surface area contributed by atoms with E-state index in [4.69, 9.17) is 0 Å². The second kappa shape index (κ2) is 7.44. The van der Waals surface area contributed by atoms with E-state index >= 15 is 0 Å². The monoisotopic (exact) mass is 380 g/mol. The molecule has 1 N–H and O–H groups in total. The zero-order valence-corrected chi connectivity index (χ0v) is 15.8. The molecule has 0 radical (unpaired) electrons. The Kier molecular flexibility index (Phi) is 4.85. The van der Waals surface area contributed by atoms with Crippen LogP contribution in [0.5, 0.6) is 0 Å². The first-order chi connectivity index (χ1) is 13.2. The standard InChI is InChI=1S/C20H20N4O2S/c1-27-20-22-17(16-9-2-3-12-24(16)20)18(25)21-15-8-6-7-14(13-15)19(26)23-10-4-5-11-23/h2-3,6-9,12-13H,4-5,10-11H2,1H3,(H,21,25). The van der Waals surface area contributed by atoms with E-state index in [1.54, 1.807) is 24.3 Å². The number of amides is 2. The number of benzene rings is 1. The van der Waals surface area contributed by atoms with Gasteiger partial charge in [0.15, 0.2) is 10.9 Å². The second-order valence-electron chi connectivity index (χ2n) is 6.44. The van der Waals surface area contributed by atoms with E-state index in [0.29, 0.717) is 16.9 Å². The number of anilines is 1. The van der Waals surface area contributed by atoms with Gasteiger partial charge in [0.1, 0.15) is 0 Å². The molecule has 6 nitrogen and oxygen atoms in total. The zero-order valence-electron chi connectivity index (χ0n) is 15.0. The number of carbonyl (C=O) groups excluding carboxylic acids is 2. The van der Waals surface area contributed by atoms with Gasteiger partial charge in [0.05, 0.1) is 5.52 Å². The fourth-order valence-electron chi connectivity index (χ4n) is 3.34. The van der Waals surface area contributed by atoms with Crippen molar-refractivity contribution in [3.8, 4) is 0 Å². The van der Waals surface area contributed by atoms with Crippen LogP contribution in [0.25, 0.3) is 5.52 Å². The lowest BCUT2D eigenvalue weighted by Gasteiger charge is -2.15. The molecule has 1 aromatic carbocycles.